The molecule has 0 aromatic rings. The van der Waals surface area contributed by atoms with Crippen molar-refractivity contribution in [3.63, 3.8) is 0 Å². The van der Waals surface area contributed by atoms with Gasteiger partial charge in [-0.05, 0) is 89.9 Å². The molecular weight excluding hydrogens is 967 g/mol. The van der Waals surface area contributed by atoms with E-state index in [1.165, 1.54) is 186 Å². The van der Waals surface area contributed by atoms with Crippen molar-refractivity contribution in [3.05, 3.63) is 48.6 Å². The quantitative estimate of drug-likeness (QED) is 0.0195. The lowest BCUT2D eigenvalue weighted by molar-refractivity contribution is -0.302. The Labute approximate surface area is 472 Å². The van der Waals surface area contributed by atoms with Crippen LogP contribution in [0.5, 0.6) is 0 Å². The fourth-order valence-electron chi connectivity index (χ4n) is 9.99. The first kappa shape index (κ1) is 72.6. The Morgan fingerprint density at radius 1 is 0.481 bits per heavy atom. The molecule has 0 aromatic carbocycles. The van der Waals surface area contributed by atoms with Gasteiger partial charge < -0.3 is 45.1 Å². The summed E-state index contributed by atoms with van der Waals surface area (Å²) < 4.78 is 16.7. The van der Waals surface area contributed by atoms with Gasteiger partial charge in [-0.1, -0.05) is 242 Å². The summed E-state index contributed by atoms with van der Waals surface area (Å²) in [4.78, 5) is 25.1. The molecule has 11 heteroatoms. The lowest BCUT2D eigenvalue weighted by Crippen LogP contribution is -2.60. The Morgan fingerprint density at radius 2 is 0.870 bits per heavy atom. The summed E-state index contributed by atoms with van der Waals surface area (Å²) in [5.74, 6) is -0.201. The zero-order valence-electron chi connectivity index (χ0n) is 49.7. The first-order valence-corrected chi connectivity index (χ1v) is 32.4. The van der Waals surface area contributed by atoms with Crippen LogP contribution in [0.1, 0.15) is 296 Å². The molecule has 0 saturated carbocycles. The second kappa shape index (κ2) is 55.5. The first-order chi connectivity index (χ1) is 37.7. The number of aliphatic hydroxyl groups is 5. The Hall–Kier alpha value is -2.38. The number of nitrogens with one attached hydrogen (secondary N) is 1. The van der Waals surface area contributed by atoms with Crippen molar-refractivity contribution < 1.29 is 49.3 Å². The molecule has 1 aliphatic rings. The van der Waals surface area contributed by atoms with Crippen LogP contribution in [0.2, 0.25) is 0 Å². The third kappa shape index (κ3) is 45.0. The number of amides is 1. The zero-order chi connectivity index (χ0) is 55.9. The van der Waals surface area contributed by atoms with E-state index in [0.717, 1.165) is 83.5 Å². The van der Waals surface area contributed by atoms with Gasteiger partial charge in [-0.25, -0.2) is 0 Å². The van der Waals surface area contributed by atoms with Gasteiger partial charge in [0, 0.05) is 12.8 Å². The van der Waals surface area contributed by atoms with E-state index in [9.17, 15) is 35.1 Å². The van der Waals surface area contributed by atoms with Gasteiger partial charge in [-0.15, -0.1) is 0 Å². The number of hydrogen-bond donors (Lipinski definition) is 6. The number of unbranched alkanes of at least 4 members (excludes halogenated alkanes) is 36. The predicted molar refractivity (Wildman–Crippen MR) is 320 cm³/mol. The Kier molecular flexibility index (Phi) is 52.4. The van der Waals surface area contributed by atoms with Crippen molar-refractivity contribution in [2.45, 2.75) is 339 Å². The van der Waals surface area contributed by atoms with Crippen LogP contribution >= 0.6 is 0 Å². The minimum Gasteiger partial charge on any atom is -0.466 e. The van der Waals surface area contributed by atoms with E-state index >= 15 is 0 Å². The van der Waals surface area contributed by atoms with E-state index in [1.54, 1.807) is 6.08 Å². The molecule has 1 heterocycles. The topological polar surface area (TPSA) is 175 Å². The van der Waals surface area contributed by atoms with E-state index in [2.05, 4.69) is 55.6 Å². The fourth-order valence-corrected chi connectivity index (χ4v) is 9.99. The second-order valence-electron chi connectivity index (χ2n) is 22.5. The number of ether oxygens (including phenoxy) is 3. The van der Waals surface area contributed by atoms with Gasteiger partial charge >= 0.3 is 5.97 Å². The summed E-state index contributed by atoms with van der Waals surface area (Å²) in [6.45, 7) is 4.29. The average molecular weight is 1090 g/mol. The average Bonchev–Trinajstić information content (AvgIpc) is 3.43. The van der Waals surface area contributed by atoms with Crippen LogP contribution in [0.25, 0.3) is 0 Å². The third-order valence-corrected chi connectivity index (χ3v) is 15.2. The number of esters is 1. The molecule has 0 aromatic heterocycles. The maximum Gasteiger partial charge on any atom is 0.305 e. The number of rotatable bonds is 56. The fraction of sp³-hybridized carbons (Fsp3) is 0.848. The van der Waals surface area contributed by atoms with Gasteiger partial charge in [0.25, 0.3) is 0 Å². The minimum absolute atomic E-state index is 0.0125. The first-order valence-electron chi connectivity index (χ1n) is 32.4. The maximum atomic E-state index is 13.0. The summed E-state index contributed by atoms with van der Waals surface area (Å²) in [6, 6.07) is -0.813. The van der Waals surface area contributed by atoms with E-state index in [1.807, 2.05) is 6.08 Å². The minimum atomic E-state index is -1.57. The van der Waals surface area contributed by atoms with E-state index in [0.29, 0.717) is 19.4 Å². The largest absolute Gasteiger partial charge is 0.466 e. The molecule has 0 spiro atoms. The van der Waals surface area contributed by atoms with Crippen molar-refractivity contribution in [1.29, 1.82) is 0 Å². The third-order valence-electron chi connectivity index (χ3n) is 15.2. The van der Waals surface area contributed by atoms with Crippen LogP contribution in [-0.4, -0.2) is 100 Å². The molecule has 0 radical (unpaired) electrons. The van der Waals surface area contributed by atoms with E-state index < -0.39 is 49.5 Å². The molecule has 0 bridgehead atoms. The van der Waals surface area contributed by atoms with Crippen molar-refractivity contribution in [3.8, 4) is 0 Å². The van der Waals surface area contributed by atoms with Gasteiger partial charge in [0.15, 0.2) is 6.29 Å². The van der Waals surface area contributed by atoms with Crippen molar-refractivity contribution in [2.75, 3.05) is 19.8 Å². The summed E-state index contributed by atoms with van der Waals surface area (Å²) in [7, 11) is 0. The van der Waals surface area contributed by atoms with Crippen LogP contribution in [0, 0.1) is 0 Å². The lowest BCUT2D eigenvalue weighted by atomic mass is 9.99. The predicted octanol–water partition coefficient (Wildman–Crippen LogP) is 15.6. The monoisotopic (exact) mass is 1090 g/mol. The molecule has 6 N–H and O–H groups in total. The van der Waals surface area contributed by atoms with E-state index in [4.69, 9.17) is 14.2 Å². The van der Waals surface area contributed by atoms with Crippen LogP contribution in [0.3, 0.4) is 0 Å². The van der Waals surface area contributed by atoms with Gasteiger partial charge in [-0.2, -0.15) is 0 Å². The summed E-state index contributed by atoms with van der Waals surface area (Å²) in [5, 5.41) is 54.2. The Bertz CT molecular complexity index is 1420. The zero-order valence-corrected chi connectivity index (χ0v) is 49.7. The standard InChI is InChI=1S/C66H121NO10/c1-3-5-7-9-11-13-14-15-16-28-31-34-38-42-46-50-54-62(71)75-55-51-47-43-39-35-32-29-26-24-22-20-18-17-19-21-23-25-27-30-33-37-41-45-49-53-61(70)67-58(59(69)52-48-44-40-36-12-10-8-6-4-2)57-76-66-65(74)64(73)63(72)60(56-68)77-66/h13-14,16,19,21,28,48,52,58-60,63-66,68-69,72-74H,3-12,15,17-18,20,22-27,29-47,49-51,53-57H2,1-2H3,(H,67,70)/b14-13-,21-19-,28-16-,52-48+. The smallest absolute Gasteiger partial charge is 0.305 e. The molecule has 1 fully saturated rings. The van der Waals surface area contributed by atoms with Gasteiger partial charge in [0.05, 0.1) is 32.0 Å². The summed E-state index contributed by atoms with van der Waals surface area (Å²) in [5.41, 5.74) is 0. The highest BCUT2D eigenvalue weighted by atomic mass is 16.7. The SMILES string of the molecule is CCCCCC/C=C\C/C=C\CCCCCCCC(=O)OCCCCCCCCCCCCCC/C=C\CCCCCCCCCCC(=O)NC(COC1OC(CO)C(O)C(O)C1O)C(O)/C=C/CCCCCCCCC. The summed E-state index contributed by atoms with van der Waals surface area (Å²) >= 11 is 0. The molecule has 7 unspecified atom stereocenters. The molecule has 1 amide bonds. The number of allylic oxidation sites excluding steroid dienone is 7. The Morgan fingerprint density at radius 3 is 1.34 bits per heavy atom. The Balaban J connectivity index is 1.97. The van der Waals surface area contributed by atoms with Gasteiger partial charge in [-0.3, -0.25) is 9.59 Å². The highest BCUT2D eigenvalue weighted by Gasteiger charge is 2.44. The second-order valence-corrected chi connectivity index (χ2v) is 22.5. The van der Waals surface area contributed by atoms with Crippen molar-refractivity contribution >= 4 is 11.9 Å². The number of carbonyl (C=O) groups is 2. The van der Waals surface area contributed by atoms with Crippen LogP contribution < -0.4 is 5.32 Å². The number of carbonyl (C=O) groups excluding carboxylic acids is 2. The molecule has 7 atom stereocenters. The number of hydrogen-bond acceptors (Lipinski definition) is 10. The van der Waals surface area contributed by atoms with Crippen LogP contribution in [0.4, 0.5) is 0 Å². The maximum absolute atomic E-state index is 13.0. The van der Waals surface area contributed by atoms with Crippen molar-refractivity contribution in [1.82, 2.24) is 5.32 Å². The van der Waals surface area contributed by atoms with E-state index in [-0.39, 0.29) is 18.5 Å². The van der Waals surface area contributed by atoms with Crippen LogP contribution in [-0.2, 0) is 23.8 Å². The molecule has 1 rings (SSSR count). The lowest BCUT2D eigenvalue weighted by Gasteiger charge is -2.40. The van der Waals surface area contributed by atoms with Gasteiger partial charge in [0.2, 0.25) is 5.91 Å². The normalized spacial score (nSPS) is 18.9. The molecule has 1 aliphatic heterocycles. The molecule has 1 saturated heterocycles. The summed E-state index contributed by atoms with van der Waals surface area (Å²) in [6.07, 6.45) is 60.9. The molecule has 450 valence electrons. The number of aliphatic hydroxyl groups excluding tert-OH is 5. The molecule has 0 aliphatic carbocycles. The highest BCUT2D eigenvalue weighted by Crippen LogP contribution is 2.23. The highest BCUT2D eigenvalue weighted by molar-refractivity contribution is 5.76. The molecule has 77 heavy (non-hydrogen) atoms. The van der Waals surface area contributed by atoms with Crippen molar-refractivity contribution in [2.24, 2.45) is 0 Å². The van der Waals surface area contributed by atoms with Gasteiger partial charge in [0.1, 0.15) is 24.4 Å². The molecular formula is C66H121NO10. The van der Waals surface area contributed by atoms with Crippen LogP contribution in [0.15, 0.2) is 48.6 Å². The molecule has 11 nitrogen and oxygen atoms in total.